The van der Waals surface area contributed by atoms with Crippen molar-refractivity contribution in [3.63, 3.8) is 0 Å². The largest absolute Gasteiger partial charge is 0.497 e. The highest BCUT2D eigenvalue weighted by atomic mass is 16.5. The van der Waals surface area contributed by atoms with Crippen molar-refractivity contribution in [2.24, 2.45) is 5.73 Å². The van der Waals surface area contributed by atoms with Crippen LogP contribution in [0.1, 0.15) is 24.5 Å². The number of carbonyl (C=O) groups is 1. The number of fused-ring (bicyclic) bond motifs is 2. The van der Waals surface area contributed by atoms with Gasteiger partial charge in [-0.2, -0.15) is 5.26 Å². The molecule has 28 heavy (non-hydrogen) atoms. The molecular formula is C22H22N4O2. The Morgan fingerprint density at radius 1 is 1.29 bits per heavy atom. The third-order valence-corrected chi connectivity index (χ3v) is 5.35. The quantitative estimate of drug-likeness (QED) is 0.748. The Morgan fingerprint density at radius 3 is 2.79 bits per heavy atom. The number of nitrogens with two attached hydrogens (primary N) is 1. The van der Waals surface area contributed by atoms with Crippen LogP contribution in [-0.4, -0.2) is 24.3 Å². The number of ether oxygens (including phenoxy) is 1. The van der Waals surface area contributed by atoms with Gasteiger partial charge in [-0.05, 0) is 48.2 Å². The van der Waals surface area contributed by atoms with E-state index in [4.69, 9.17) is 10.5 Å². The summed E-state index contributed by atoms with van der Waals surface area (Å²) in [5.41, 5.74) is 11.0. The molecule has 2 N–H and O–H groups in total. The summed E-state index contributed by atoms with van der Waals surface area (Å²) in [7, 11) is 1.64. The van der Waals surface area contributed by atoms with Gasteiger partial charge in [0.2, 0.25) is 0 Å². The second-order valence-electron chi connectivity index (χ2n) is 6.95. The van der Waals surface area contributed by atoms with Crippen molar-refractivity contribution in [2.45, 2.75) is 26.3 Å². The van der Waals surface area contributed by atoms with Crippen molar-refractivity contribution in [3.05, 3.63) is 47.5 Å². The summed E-state index contributed by atoms with van der Waals surface area (Å²) in [5.74, 6) is 0.768. The molecule has 0 fully saturated rings. The van der Waals surface area contributed by atoms with E-state index < -0.39 is 6.03 Å². The molecule has 1 aromatic heterocycles. The zero-order chi connectivity index (χ0) is 19.8. The molecule has 0 spiro atoms. The van der Waals surface area contributed by atoms with Crippen molar-refractivity contribution in [2.75, 3.05) is 18.6 Å². The number of methoxy groups -OCH3 is 1. The third-order valence-electron chi connectivity index (χ3n) is 5.35. The number of benzene rings is 2. The summed E-state index contributed by atoms with van der Waals surface area (Å²) in [4.78, 5) is 13.2. The van der Waals surface area contributed by atoms with Crippen molar-refractivity contribution < 1.29 is 9.53 Å². The van der Waals surface area contributed by atoms with Crippen molar-refractivity contribution in [1.82, 2.24) is 4.57 Å². The number of primary amides is 1. The van der Waals surface area contributed by atoms with E-state index in [1.807, 2.05) is 30.3 Å². The summed E-state index contributed by atoms with van der Waals surface area (Å²) in [5, 5.41) is 10.9. The predicted octanol–water partition coefficient (Wildman–Crippen LogP) is 4.04. The van der Waals surface area contributed by atoms with Gasteiger partial charge in [-0.15, -0.1) is 0 Å². The van der Waals surface area contributed by atoms with Crippen LogP contribution in [0.3, 0.4) is 0 Å². The highest BCUT2D eigenvalue weighted by molar-refractivity contribution is 5.97. The van der Waals surface area contributed by atoms with Gasteiger partial charge < -0.3 is 15.0 Å². The molecule has 0 atom stereocenters. The minimum atomic E-state index is -0.434. The molecule has 0 bridgehead atoms. The maximum Gasteiger partial charge on any atom is 0.319 e. The van der Waals surface area contributed by atoms with Gasteiger partial charge in [0.15, 0.2) is 0 Å². The number of anilines is 1. The molecule has 142 valence electrons. The van der Waals surface area contributed by atoms with Crippen LogP contribution < -0.4 is 15.4 Å². The monoisotopic (exact) mass is 374 g/mol. The van der Waals surface area contributed by atoms with Gasteiger partial charge in [-0.25, -0.2) is 4.79 Å². The molecular weight excluding hydrogens is 352 g/mol. The standard InChI is InChI=1S/C22H22N4O2/c1-3-9-25-20-12-16(28-2)5-6-17(20)18(13-23)21(25)15-4-7-19-14(11-15)8-10-26(19)22(24)27/h4-7,11-12H,3,8-10H2,1-2H3,(H2,24,27). The number of urea groups is 1. The van der Waals surface area contributed by atoms with Gasteiger partial charge in [0.05, 0.1) is 23.9 Å². The Kier molecular flexibility index (Phi) is 4.44. The van der Waals surface area contributed by atoms with E-state index in [0.29, 0.717) is 12.1 Å². The summed E-state index contributed by atoms with van der Waals surface area (Å²) in [6.45, 7) is 3.51. The maximum absolute atomic E-state index is 11.6. The first-order chi connectivity index (χ1) is 13.6. The fraction of sp³-hybridized carbons (Fsp3) is 0.273. The van der Waals surface area contributed by atoms with Gasteiger partial charge in [0.1, 0.15) is 11.8 Å². The summed E-state index contributed by atoms with van der Waals surface area (Å²) in [6, 6.07) is 13.8. The average molecular weight is 374 g/mol. The SMILES string of the molecule is CCCn1c(-c2ccc3c(c2)CCN3C(N)=O)c(C#N)c2ccc(OC)cc21. The molecule has 0 radical (unpaired) electrons. The van der Waals surface area contributed by atoms with Gasteiger partial charge in [0.25, 0.3) is 0 Å². The highest BCUT2D eigenvalue weighted by Gasteiger charge is 2.25. The Balaban J connectivity index is 1.95. The Labute approximate surface area is 163 Å². The minimum absolute atomic E-state index is 0.434. The topological polar surface area (TPSA) is 84.3 Å². The van der Waals surface area contributed by atoms with E-state index >= 15 is 0 Å². The molecule has 1 aliphatic rings. The van der Waals surface area contributed by atoms with Crippen LogP contribution >= 0.6 is 0 Å². The van der Waals surface area contributed by atoms with Crippen molar-refractivity contribution in [3.8, 4) is 23.1 Å². The molecule has 2 heterocycles. The van der Waals surface area contributed by atoms with Crippen LogP contribution in [0.15, 0.2) is 36.4 Å². The summed E-state index contributed by atoms with van der Waals surface area (Å²) < 4.78 is 7.59. The van der Waals surface area contributed by atoms with Crippen molar-refractivity contribution >= 4 is 22.6 Å². The van der Waals surface area contributed by atoms with Gasteiger partial charge >= 0.3 is 6.03 Å². The maximum atomic E-state index is 11.6. The number of carbonyl (C=O) groups excluding carboxylic acids is 1. The normalized spacial score (nSPS) is 12.8. The Morgan fingerprint density at radius 2 is 2.11 bits per heavy atom. The Bertz CT molecular complexity index is 1120. The lowest BCUT2D eigenvalue weighted by atomic mass is 10.0. The van der Waals surface area contributed by atoms with Crippen LogP contribution in [0.5, 0.6) is 5.75 Å². The Hall–Kier alpha value is -3.46. The number of nitrogens with zero attached hydrogens (tertiary/aromatic N) is 3. The van der Waals surface area contributed by atoms with Crippen LogP contribution in [0.2, 0.25) is 0 Å². The van der Waals surface area contributed by atoms with Crippen LogP contribution in [0.25, 0.3) is 22.2 Å². The molecule has 6 nitrogen and oxygen atoms in total. The molecule has 1 aliphatic heterocycles. The number of rotatable bonds is 4. The van der Waals surface area contributed by atoms with E-state index in [0.717, 1.165) is 58.5 Å². The zero-order valence-electron chi connectivity index (χ0n) is 16.0. The van der Waals surface area contributed by atoms with E-state index in [9.17, 15) is 10.1 Å². The van der Waals surface area contributed by atoms with E-state index in [2.05, 4.69) is 23.6 Å². The fourth-order valence-corrected chi connectivity index (χ4v) is 4.10. The molecule has 0 saturated heterocycles. The molecule has 2 amide bonds. The van der Waals surface area contributed by atoms with Gasteiger partial charge in [-0.3, -0.25) is 4.90 Å². The number of nitriles is 1. The smallest absolute Gasteiger partial charge is 0.319 e. The molecule has 0 saturated carbocycles. The average Bonchev–Trinajstić information content (AvgIpc) is 3.26. The lowest BCUT2D eigenvalue weighted by molar-refractivity contribution is 0.254. The van der Waals surface area contributed by atoms with Crippen LogP contribution in [-0.2, 0) is 13.0 Å². The number of aromatic nitrogens is 1. The first-order valence-electron chi connectivity index (χ1n) is 9.39. The highest BCUT2D eigenvalue weighted by Crippen LogP contribution is 2.38. The van der Waals surface area contributed by atoms with Gasteiger partial charge in [-0.1, -0.05) is 13.0 Å². The lowest BCUT2D eigenvalue weighted by Gasteiger charge is -2.15. The molecule has 2 aromatic carbocycles. The third kappa shape index (κ3) is 2.67. The first-order valence-corrected chi connectivity index (χ1v) is 9.39. The van der Waals surface area contributed by atoms with E-state index in [1.54, 1.807) is 12.0 Å². The summed E-state index contributed by atoms with van der Waals surface area (Å²) >= 11 is 0. The van der Waals surface area contributed by atoms with E-state index in [1.165, 1.54) is 0 Å². The van der Waals surface area contributed by atoms with Crippen molar-refractivity contribution in [1.29, 1.82) is 5.26 Å². The lowest BCUT2D eigenvalue weighted by Crippen LogP contribution is -2.33. The second kappa shape index (κ2) is 6.93. The fourth-order valence-electron chi connectivity index (χ4n) is 4.10. The zero-order valence-corrected chi connectivity index (χ0v) is 16.0. The number of aryl methyl sites for hydroxylation is 1. The minimum Gasteiger partial charge on any atom is -0.497 e. The first kappa shape index (κ1) is 17.9. The molecule has 4 rings (SSSR count). The number of amides is 2. The number of hydrogen-bond donors (Lipinski definition) is 1. The number of hydrogen-bond acceptors (Lipinski definition) is 3. The molecule has 0 unspecified atom stereocenters. The molecule has 0 aliphatic carbocycles. The van der Waals surface area contributed by atoms with E-state index in [-0.39, 0.29) is 0 Å². The van der Waals surface area contributed by atoms with Crippen LogP contribution in [0, 0.1) is 11.3 Å². The second-order valence-corrected chi connectivity index (χ2v) is 6.95. The summed E-state index contributed by atoms with van der Waals surface area (Å²) in [6.07, 6.45) is 1.70. The van der Waals surface area contributed by atoms with Crippen LogP contribution in [0.4, 0.5) is 10.5 Å². The predicted molar refractivity (Wildman–Crippen MR) is 110 cm³/mol. The van der Waals surface area contributed by atoms with Gasteiger partial charge in [0, 0.05) is 30.2 Å². The molecule has 3 aromatic rings. The molecule has 6 heteroatoms.